The van der Waals surface area contributed by atoms with Crippen molar-refractivity contribution >= 4 is 6.09 Å². The quantitative estimate of drug-likeness (QED) is 0.846. The Morgan fingerprint density at radius 1 is 1.17 bits per heavy atom. The molecule has 1 amide bonds. The maximum absolute atomic E-state index is 12.5. The summed E-state index contributed by atoms with van der Waals surface area (Å²) in [7, 11) is 0. The lowest BCUT2D eigenvalue weighted by Gasteiger charge is -2.39. The number of hydrogen-bond donors (Lipinski definition) is 1. The summed E-state index contributed by atoms with van der Waals surface area (Å²) in [6.45, 7) is 12.3. The first-order chi connectivity index (χ1) is 10.8. The van der Waals surface area contributed by atoms with Gasteiger partial charge in [-0.15, -0.1) is 0 Å². The van der Waals surface area contributed by atoms with E-state index < -0.39 is 5.60 Å². The van der Waals surface area contributed by atoms with Crippen molar-refractivity contribution in [2.45, 2.75) is 90.8 Å². The molecule has 4 atom stereocenters. The first kappa shape index (κ1) is 18.6. The van der Waals surface area contributed by atoms with Crippen LogP contribution in [0, 0.1) is 11.8 Å². The van der Waals surface area contributed by atoms with Gasteiger partial charge in [0.25, 0.3) is 0 Å². The van der Waals surface area contributed by atoms with E-state index in [1.54, 1.807) is 0 Å². The Kier molecular flexibility index (Phi) is 6.35. The minimum atomic E-state index is -0.416. The number of likely N-dealkylation sites (tertiary alicyclic amines) is 1. The Balaban J connectivity index is 1.87. The van der Waals surface area contributed by atoms with Crippen LogP contribution in [-0.4, -0.2) is 41.8 Å². The van der Waals surface area contributed by atoms with Gasteiger partial charge >= 0.3 is 6.09 Å². The fourth-order valence-electron chi connectivity index (χ4n) is 4.03. The Hall–Kier alpha value is -0.770. The van der Waals surface area contributed by atoms with Gasteiger partial charge in [-0.3, -0.25) is 0 Å². The predicted molar refractivity (Wildman–Crippen MR) is 94.5 cm³/mol. The molecule has 1 aliphatic heterocycles. The molecule has 2 rings (SSSR count). The highest BCUT2D eigenvalue weighted by molar-refractivity contribution is 5.68. The molecule has 4 unspecified atom stereocenters. The highest BCUT2D eigenvalue weighted by Crippen LogP contribution is 2.29. The van der Waals surface area contributed by atoms with Gasteiger partial charge in [-0.2, -0.15) is 0 Å². The average molecular weight is 325 g/mol. The van der Waals surface area contributed by atoms with Crippen LogP contribution in [0.1, 0.15) is 73.1 Å². The summed E-state index contributed by atoms with van der Waals surface area (Å²) in [6, 6.07) is 0.888. The Labute approximate surface area is 142 Å². The minimum Gasteiger partial charge on any atom is -0.444 e. The van der Waals surface area contributed by atoms with Crippen LogP contribution in [0.5, 0.6) is 0 Å². The van der Waals surface area contributed by atoms with Crippen LogP contribution in [0.25, 0.3) is 0 Å². The van der Waals surface area contributed by atoms with E-state index in [0.717, 1.165) is 37.8 Å². The lowest BCUT2D eigenvalue weighted by Crippen LogP contribution is -2.52. The average Bonchev–Trinajstić information content (AvgIpc) is 2.45. The van der Waals surface area contributed by atoms with Crippen molar-refractivity contribution in [1.29, 1.82) is 0 Å². The first-order valence-corrected chi connectivity index (χ1v) is 9.49. The zero-order chi connectivity index (χ0) is 17.0. The van der Waals surface area contributed by atoms with Gasteiger partial charge in [-0.1, -0.05) is 13.8 Å². The molecule has 1 heterocycles. The van der Waals surface area contributed by atoms with E-state index in [-0.39, 0.29) is 12.1 Å². The Morgan fingerprint density at radius 3 is 2.57 bits per heavy atom. The lowest BCUT2D eigenvalue weighted by atomic mass is 9.80. The van der Waals surface area contributed by atoms with Crippen LogP contribution in [0.3, 0.4) is 0 Å². The molecule has 0 aromatic rings. The molecule has 1 saturated carbocycles. The summed E-state index contributed by atoms with van der Waals surface area (Å²) in [5.41, 5.74) is -0.416. The van der Waals surface area contributed by atoms with E-state index in [9.17, 15) is 4.79 Å². The molecule has 1 N–H and O–H groups in total. The maximum atomic E-state index is 12.5. The number of nitrogens with zero attached hydrogens (tertiary/aromatic N) is 1. The second-order valence-corrected chi connectivity index (χ2v) is 8.73. The number of amides is 1. The molecule has 2 aliphatic rings. The summed E-state index contributed by atoms with van der Waals surface area (Å²) in [4.78, 5) is 14.4. The van der Waals surface area contributed by atoms with E-state index in [2.05, 4.69) is 19.2 Å². The van der Waals surface area contributed by atoms with E-state index in [1.165, 1.54) is 25.7 Å². The van der Waals surface area contributed by atoms with Gasteiger partial charge in [-0.05, 0) is 71.1 Å². The van der Waals surface area contributed by atoms with Crippen LogP contribution < -0.4 is 5.32 Å². The first-order valence-electron chi connectivity index (χ1n) is 9.49. The third-order valence-corrected chi connectivity index (χ3v) is 5.30. The van der Waals surface area contributed by atoms with E-state index in [1.807, 2.05) is 25.7 Å². The summed E-state index contributed by atoms with van der Waals surface area (Å²) in [5.74, 6) is 1.59. The summed E-state index contributed by atoms with van der Waals surface area (Å²) in [6.07, 6.45) is 7.15. The van der Waals surface area contributed by atoms with Crippen LogP contribution in [-0.2, 0) is 4.74 Å². The molecule has 0 bridgehead atoms. The fourth-order valence-corrected chi connectivity index (χ4v) is 4.03. The minimum absolute atomic E-state index is 0.144. The Bertz CT molecular complexity index is 391. The molecular weight excluding hydrogens is 288 g/mol. The highest BCUT2D eigenvalue weighted by Gasteiger charge is 2.32. The fraction of sp³-hybridized carbons (Fsp3) is 0.947. The third kappa shape index (κ3) is 5.66. The van der Waals surface area contributed by atoms with Crippen molar-refractivity contribution in [3.63, 3.8) is 0 Å². The van der Waals surface area contributed by atoms with Crippen molar-refractivity contribution in [2.75, 3.05) is 13.1 Å². The molecule has 1 saturated heterocycles. The topological polar surface area (TPSA) is 41.6 Å². The number of ether oxygens (including phenoxy) is 1. The lowest BCUT2D eigenvalue weighted by molar-refractivity contribution is 0.00921. The number of hydrogen-bond acceptors (Lipinski definition) is 3. The molecular formula is C19H36N2O2. The predicted octanol–water partition coefficient (Wildman–Crippen LogP) is 4.19. The molecule has 0 spiro atoms. The molecule has 0 radical (unpaired) electrons. The second-order valence-electron chi connectivity index (χ2n) is 8.73. The van der Waals surface area contributed by atoms with E-state index >= 15 is 0 Å². The largest absolute Gasteiger partial charge is 0.444 e. The second kappa shape index (κ2) is 7.87. The van der Waals surface area contributed by atoms with Gasteiger partial charge in [0.05, 0.1) is 0 Å². The van der Waals surface area contributed by atoms with Crippen molar-refractivity contribution in [2.24, 2.45) is 11.8 Å². The Morgan fingerprint density at radius 2 is 1.91 bits per heavy atom. The van der Waals surface area contributed by atoms with E-state index in [0.29, 0.717) is 6.04 Å². The highest BCUT2D eigenvalue weighted by atomic mass is 16.6. The summed E-state index contributed by atoms with van der Waals surface area (Å²) >= 11 is 0. The van der Waals surface area contributed by atoms with Gasteiger partial charge in [0.1, 0.15) is 5.60 Å². The smallest absolute Gasteiger partial charge is 0.410 e. The summed E-state index contributed by atoms with van der Waals surface area (Å²) < 4.78 is 5.59. The molecule has 2 fully saturated rings. The molecule has 4 heteroatoms. The van der Waals surface area contributed by atoms with Gasteiger partial charge in [-0.25, -0.2) is 4.79 Å². The number of rotatable bonds is 3. The van der Waals surface area contributed by atoms with Gasteiger partial charge in [0, 0.05) is 25.2 Å². The van der Waals surface area contributed by atoms with Gasteiger partial charge in [0.15, 0.2) is 0 Å². The summed E-state index contributed by atoms with van der Waals surface area (Å²) in [5, 5.41) is 3.76. The maximum Gasteiger partial charge on any atom is 0.410 e. The van der Waals surface area contributed by atoms with Crippen molar-refractivity contribution in [3.8, 4) is 0 Å². The van der Waals surface area contributed by atoms with Gasteiger partial charge in [0.2, 0.25) is 0 Å². The number of nitrogens with one attached hydrogen (secondary N) is 1. The van der Waals surface area contributed by atoms with Gasteiger partial charge < -0.3 is 15.0 Å². The normalized spacial score (nSPS) is 32.7. The van der Waals surface area contributed by atoms with Crippen LogP contribution in [0.2, 0.25) is 0 Å². The zero-order valence-corrected chi connectivity index (χ0v) is 15.7. The van der Waals surface area contributed by atoms with Crippen LogP contribution in [0.4, 0.5) is 4.79 Å². The third-order valence-electron chi connectivity index (χ3n) is 5.30. The van der Waals surface area contributed by atoms with Crippen molar-refractivity contribution < 1.29 is 9.53 Å². The SMILES string of the molecule is CC1CCC(NCC2CCCCN2C(=O)OC(C)(C)C)C(C)C1. The number of carbonyl (C=O) groups is 1. The molecule has 0 aromatic heterocycles. The monoisotopic (exact) mass is 324 g/mol. The standard InChI is InChI=1S/C19H36N2O2/c1-14-9-10-17(15(2)12-14)20-13-16-8-6-7-11-21(16)18(22)23-19(3,4)5/h14-17,20H,6-13H2,1-5H3. The molecule has 1 aliphatic carbocycles. The molecule has 4 nitrogen and oxygen atoms in total. The zero-order valence-electron chi connectivity index (χ0n) is 15.7. The van der Waals surface area contributed by atoms with Crippen LogP contribution in [0.15, 0.2) is 0 Å². The number of carbonyl (C=O) groups excluding carboxylic acids is 1. The van der Waals surface area contributed by atoms with Crippen molar-refractivity contribution in [1.82, 2.24) is 10.2 Å². The van der Waals surface area contributed by atoms with Crippen LogP contribution >= 0.6 is 0 Å². The molecule has 134 valence electrons. The number of piperidine rings is 1. The van der Waals surface area contributed by atoms with E-state index in [4.69, 9.17) is 4.74 Å². The molecule has 0 aromatic carbocycles. The molecule has 23 heavy (non-hydrogen) atoms. The van der Waals surface area contributed by atoms with Crippen molar-refractivity contribution in [3.05, 3.63) is 0 Å².